The lowest BCUT2D eigenvalue weighted by Crippen LogP contribution is -2.37. The number of carbonyl (C=O) groups excluding carboxylic acids is 1. The number of oxazole rings is 1. The van der Waals surface area contributed by atoms with Crippen molar-refractivity contribution in [2.45, 2.75) is 64.0 Å². The van der Waals surface area contributed by atoms with Crippen LogP contribution in [0.2, 0.25) is 0 Å². The van der Waals surface area contributed by atoms with E-state index in [0.717, 1.165) is 85.4 Å². The van der Waals surface area contributed by atoms with Crippen molar-refractivity contribution in [1.82, 2.24) is 25.3 Å². The molecule has 1 aliphatic rings. The highest BCUT2D eigenvalue weighted by atomic mass is 16.5. The van der Waals surface area contributed by atoms with Crippen molar-refractivity contribution in [1.29, 1.82) is 0 Å². The lowest BCUT2D eigenvalue weighted by molar-refractivity contribution is 0.0740. The smallest absolute Gasteiger partial charge is 0.263 e. The highest BCUT2D eigenvalue weighted by molar-refractivity contribution is 5.91. The molecule has 0 aliphatic carbocycles. The number of hydrogen-bond acceptors (Lipinski definition) is 7. The van der Waals surface area contributed by atoms with E-state index in [1.54, 1.807) is 0 Å². The number of hydrogen-bond donors (Lipinski definition) is 2. The number of Topliss-reactive ketones (excluding diaryl/α,β-unsaturated/α-hetero) is 1. The van der Waals surface area contributed by atoms with Crippen molar-refractivity contribution in [2.24, 2.45) is 0 Å². The molecule has 0 unspecified atom stereocenters. The molecule has 0 spiro atoms. The van der Waals surface area contributed by atoms with Crippen LogP contribution in [0.25, 0.3) is 22.2 Å². The Morgan fingerprint density at radius 3 is 2.86 bits per heavy atom. The summed E-state index contributed by atoms with van der Waals surface area (Å²) in [7, 11) is 0. The molecular weight excluding hydrogens is 454 g/mol. The minimum absolute atomic E-state index is 0.0340. The van der Waals surface area contributed by atoms with Gasteiger partial charge >= 0.3 is 0 Å². The van der Waals surface area contributed by atoms with Crippen LogP contribution in [0.15, 0.2) is 53.4 Å². The third kappa shape index (κ3) is 6.06. The standard InChI is InChI=1S/C28H33N5O3/c1-19-7-8-20-17-21(9-10-23(20)31-19)25-18-30-27(33-25)24(32-22-11-14-35-15-12-22)5-3-2-4-6-26(34)28-29-13-16-36-28/h7-10,13,16-18,22,24,32H,2-6,11-12,14-15H2,1H3,(H,30,33)/t24-/m0/s1. The first-order valence-corrected chi connectivity index (χ1v) is 12.9. The average molecular weight is 488 g/mol. The molecule has 1 fully saturated rings. The lowest BCUT2D eigenvalue weighted by atomic mass is 10.0. The van der Waals surface area contributed by atoms with Gasteiger partial charge in [-0.15, -0.1) is 0 Å². The molecular formula is C28H33N5O3. The van der Waals surface area contributed by atoms with E-state index in [2.05, 4.69) is 44.5 Å². The number of benzene rings is 1. The number of aromatic nitrogens is 4. The first kappa shape index (κ1) is 24.3. The summed E-state index contributed by atoms with van der Waals surface area (Å²) in [5.41, 5.74) is 4.02. The van der Waals surface area contributed by atoms with Crippen molar-refractivity contribution in [3.63, 3.8) is 0 Å². The van der Waals surface area contributed by atoms with Crippen LogP contribution >= 0.6 is 0 Å². The van der Waals surface area contributed by atoms with Gasteiger partial charge in [0.2, 0.25) is 5.78 Å². The zero-order valence-corrected chi connectivity index (χ0v) is 20.7. The topological polar surface area (TPSA) is 106 Å². The summed E-state index contributed by atoms with van der Waals surface area (Å²) < 4.78 is 10.6. The van der Waals surface area contributed by atoms with Crippen LogP contribution in [0, 0.1) is 6.92 Å². The zero-order chi connectivity index (χ0) is 24.7. The fourth-order valence-corrected chi connectivity index (χ4v) is 4.78. The molecule has 0 saturated carbocycles. The molecule has 2 N–H and O–H groups in total. The van der Waals surface area contributed by atoms with Crippen LogP contribution in [0.1, 0.15) is 73.2 Å². The van der Waals surface area contributed by atoms with Gasteiger partial charge < -0.3 is 19.5 Å². The van der Waals surface area contributed by atoms with E-state index in [-0.39, 0.29) is 17.7 Å². The molecule has 1 saturated heterocycles. The van der Waals surface area contributed by atoms with Gasteiger partial charge in [0, 0.05) is 48.5 Å². The van der Waals surface area contributed by atoms with Gasteiger partial charge in [-0.3, -0.25) is 9.78 Å². The number of H-pyrrole nitrogens is 1. The number of carbonyl (C=O) groups is 1. The molecule has 0 amide bonds. The van der Waals surface area contributed by atoms with Crippen LogP contribution in [0.3, 0.4) is 0 Å². The van der Waals surface area contributed by atoms with Crippen LogP contribution in [-0.4, -0.2) is 45.0 Å². The second-order valence-electron chi connectivity index (χ2n) is 9.50. The summed E-state index contributed by atoms with van der Waals surface area (Å²) in [5.74, 6) is 1.12. The fourth-order valence-electron chi connectivity index (χ4n) is 4.78. The van der Waals surface area contributed by atoms with E-state index < -0.39 is 0 Å². The SMILES string of the molecule is Cc1ccc2cc(-c3c[nH]c([C@H](CCCCCC(=O)c4ncco4)NC4CCOCC4)n3)ccc2n1. The predicted octanol–water partition coefficient (Wildman–Crippen LogP) is 5.56. The van der Waals surface area contributed by atoms with Gasteiger partial charge in [-0.2, -0.15) is 0 Å². The Balaban J connectivity index is 1.24. The van der Waals surface area contributed by atoms with E-state index in [4.69, 9.17) is 14.1 Å². The molecule has 5 rings (SSSR count). The predicted molar refractivity (Wildman–Crippen MR) is 138 cm³/mol. The van der Waals surface area contributed by atoms with Gasteiger partial charge in [-0.25, -0.2) is 9.97 Å². The maximum absolute atomic E-state index is 12.1. The maximum Gasteiger partial charge on any atom is 0.263 e. The van der Waals surface area contributed by atoms with Crippen molar-refractivity contribution >= 4 is 16.7 Å². The van der Waals surface area contributed by atoms with Gasteiger partial charge in [0.1, 0.15) is 12.1 Å². The number of fused-ring (bicyclic) bond motifs is 1. The van der Waals surface area contributed by atoms with Crippen LogP contribution in [0.5, 0.6) is 0 Å². The summed E-state index contributed by atoms with van der Waals surface area (Å²) in [6.07, 6.45) is 11.1. The molecule has 1 aromatic carbocycles. The van der Waals surface area contributed by atoms with E-state index in [1.807, 2.05) is 19.2 Å². The number of pyridine rings is 1. The van der Waals surface area contributed by atoms with E-state index in [9.17, 15) is 4.79 Å². The molecule has 3 aromatic heterocycles. The van der Waals surface area contributed by atoms with Crippen molar-refractivity contribution in [3.05, 3.63) is 66.4 Å². The summed E-state index contributed by atoms with van der Waals surface area (Å²) in [6.45, 7) is 3.59. The Labute approximate surface area is 210 Å². The molecule has 188 valence electrons. The van der Waals surface area contributed by atoms with E-state index in [0.29, 0.717) is 12.5 Å². The average Bonchev–Trinajstić information content (AvgIpc) is 3.61. The van der Waals surface area contributed by atoms with Crippen molar-refractivity contribution in [2.75, 3.05) is 13.2 Å². The van der Waals surface area contributed by atoms with Gasteiger partial charge in [-0.05, 0) is 50.8 Å². The first-order valence-electron chi connectivity index (χ1n) is 12.9. The van der Waals surface area contributed by atoms with Gasteiger partial charge in [0.15, 0.2) is 0 Å². The van der Waals surface area contributed by atoms with Crippen molar-refractivity contribution in [3.8, 4) is 11.3 Å². The number of ether oxygens (including phenoxy) is 1. The lowest BCUT2D eigenvalue weighted by Gasteiger charge is -2.27. The molecule has 4 aromatic rings. The van der Waals surface area contributed by atoms with Crippen LogP contribution in [-0.2, 0) is 4.74 Å². The fraction of sp³-hybridized carbons (Fsp3) is 0.429. The number of aromatic amines is 1. The number of unbranched alkanes of at least 4 members (excludes halogenated alkanes) is 2. The second-order valence-corrected chi connectivity index (χ2v) is 9.50. The van der Waals surface area contributed by atoms with Crippen LogP contribution in [0.4, 0.5) is 0 Å². The Morgan fingerprint density at radius 2 is 2.03 bits per heavy atom. The Bertz CT molecular complexity index is 1280. The van der Waals surface area contributed by atoms with E-state index >= 15 is 0 Å². The number of nitrogens with zero attached hydrogens (tertiary/aromatic N) is 3. The number of imidazole rings is 1. The summed E-state index contributed by atoms with van der Waals surface area (Å²) in [4.78, 5) is 29.1. The monoisotopic (exact) mass is 487 g/mol. The van der Waals surface area contributed by atoms with Gasteiger partial charge in [0.25, 0.3) is 5.89 Å². The quantitative estimate of drug-likeness (QED) is 0.211. The molecule has 36 heavy (non-hydrogen) atoms. The molecule has 8 nitrogen and oxygen atoms in total. The first-order chi connectivity index (χ1) is 17.7. The molecule has 1 atom stereocenters. The highest BCUT2D eigenvalue weighted by Crippen LogP contribution is 2.26. The van der Waals surface area contributed by atoms with Gasteiger partial charge in [-0.1, -0.05) is 25.0 Å². The van der Waals surface area contributed by atoms with Crippen molar-refractivity contribution < 1.29 is 13.9 Å². The molecule has 0 radical (unpaired) electrons. The Kier molecular flexibility index (Phi) is 7.83. The zero-order valence-electron chi connectivity index (χ0n) is 20.7. The maximum atomic E-state index is 12.1. The molecule has 1 aliphatic heterocycles. The number of ketones is 1. The highest BCUT2D eigenvalue weighted by Gasteiger charge is 2.22. The number of rotatable bonds is 11. The van der Waals surface area contributed by atoms with Gasteiger partial charge in [0.05, 0.1) is 23.4 Å². The van der Waals surface area contributed by atoms with E-state index in [1.165, 1.54) is 12.5 Å². The normalized spacial score (nSPS) is 15.4. The number of nitrogens with one attached hydrogen (secondary N) is 2. The minimum atomic E-state index is -0.0340. The third-order valence-corrected chi connectivity index (χ3v) is 6.78. The third-order valence-electron chi connectivity index (χ3n) is 6.78. The summed E-state index contributed by atoms with van der Waals surface area (Å²) in [6, 6.07) is 11.0. The largest absolute Gasteiger partial charge is 0.442 e. The summed E-state index contributed by atoms with van der Waals surface area (Å²) in [5, 5.41) is 4.93. The summed E-state index contributed by atoms with van der Waals surface area (Å²) >= 11 is 0. The number of aryl methyl sites for hydroxylation is 1. The molecule has 4 heterocycles. The molecule has 0 bridgehead atoms. The molecule has 8 heteroatoms. The second kappa shape index (κ2) is 11.6. The Morgan fingerprint density at radius 1 is 1.14 bits per heavy atom. The van der Waals surface area contributed by atoms with Crippen LogP contribution < -0.4 is 5.32 Å². The Hall–Kier alpha value is -3.36. The minimum Gasteiger partial charge on any atom is -0.442 e.